The van der Waals surface area contributed by atoms with Gasteiger partial charge in [0.15, 0.2) is 0 Å². The molecule has 0 bridgehead atoms. The largest absolute Gasteiger partial charge is 0.493 e. The van der Waals surface area contributed by atoms with Gasteiger partial charge in [0.25, 0.3) is 0 Å². The lowest BCUT2D eigenvalue weighted by atomic mass is 10.00. The van der Waals surface area contributed by atoms with Crippen molar-refractivity contribution in [1.82, 2.24) is 0 Å². The number of ether oxygens (including phenoxy) is 1. The Morgan fingerprint density at radius 3 is 2.86 bits per heavy atom. The van der Waals surface area contributed by atoms with Crippen LogP contribution in [0, 0.1) is 5.92 Å². The maximum Gasteiger partial charge on any atom is 0.122 e. The minimum absolute atomic E-state index is 0.452. The van der Waals surface area contributed by atoms with E-state index in [1.54, 1.807) is 0 Å². The molecule has 0 aliphatic carbocycles. The van der Waals surface area contributed by atoms with Crippen LogP contribution >= 0.6 is 15.9 Å². The first kappa shape index (κ1) is 10.0. The molecule has 1 aromatic rings. The molecule has 0 saturated carbocycles. The van der Waals surface area contributed by atoms with Crippen LogP contribution in [-0.4, -0.2) is 6.61 Å². The Morgan fingerprint density at radius 1 is 1.36 bits per heavy atom. The molecule has 0 saturated heterocycles. The summed E-state index contributed by atoms with van der Waals surface area (Å²) in [7, 11) is 0. The van der Waals surface area contributed by atoms with Gasteiger partial charge in [0, 0.05) is 11.2 Å². The van der Waals surface area contributed by atoms with Gasteiger partial charge in [0.05, 0.1) is 6.61 Å². The van der Waals surface area contributed by atoms with Crippen molar-refractivity contribution < 1.29 is 4.74 Å². The van der Waals surface area contributed by atoms with Crippen molar-refractivity contribution in [2.45, 2.75) is 25.1 Å². The fraction of sp³-hybridized carbons (Fsp3) is 0.500. The molecule has 1 nitrogen and oxygen atoms in total. The first-order valence-corrected chi connectivity index (χ1v) is 5.99. The SMILES string of the molecule is CC(C)C(Br)c1ccc2c(c1)CCO2. The Kier molecular flexibility index (Phi) is 2.82. The second-order valence-corrected chi connectivity index (χ2v) is 5.10. The lowest BCUT2D eigenvalue weighted by molar-refractivity contribution is 0.357. The standard InChI is InChI=1S/C12H15BrO/c1-8(2)12(13)10-3-4-11-9(7-10)5-6-14-11/h3-4,7-8,12H,5-6H2,1-2H3. The third kappa shape index (κ3) is 1.81. The van der Waals surface area contributed by atoms with Crippen LogP contribution < -0.4 is 4.74 Å². The maximum absolute atomic E-state index is 5.48. The summed E-state index contributed by atoms with van der Waals surface area (Å²) in [6, 6.07) is 6.51. The first-order chi connectivity index (χ1) is 6.68. The van der Waals surface area contributed by atoms with E-state index in [9.17, 15) is 0 Å². The molecule has 1 heterocycles. The van der Waals surface area contributed by atoms with Crippen molar-refractivity contribution >= 4 is 15.9 Å². The summed E-state index contributed by atoms with van der Waals surface area (Å²) < 4.78 is 5.48. The zero-order chi connectivity index (χ0) is 10.1. The normalized spacial score (nSPS) is 16.6. The fourth-order valence-corrected chi connectivity index (χ4v) is 2.05. The monoisotopic (exact) mass is 254 g/mol. The molecule has 2 heteroatoms. The van der Waals surface area contributed by atoms with Crippen molar-refractivity contribution in [1.29, 1.82) is 0 Å². The van der Waals surface area contributed by atoms with E-state index in [1.165, 1.54) is 11.1 Å². The van der Waals surface area contributed by atoms with E-state index in [4.69, 9.17) is 4.74 Å². The maximum atomic E-state index is 5.48. The van der Waals surface area contributed by atoms with Gasteiger partial charge >= 0.3 is 0 Å². The topological polar surface area (TPSA) is 9.23 Å². The highest BCUT2D eigenvalue weighted by Crippen LogP contribution is 2.34. The Hall–Kier alpha value is -0.500. The minimum atomic E-state index is 0.452. The summed E-state index contributed by atoms with van der Waals surface area (Å²) in [5.41, 5.74) is 2.72. The van der Waals surface area contributed by atoms with Crippen molar-refractivity contribution in [2.24, 2.45) is 5.92 Å². The summed E-state index contributed by atoms with van der Waals surface area (Å²) in [6.45, 7) is 5.29. The van der Waals surface area contributed by atoms with Crippen LogP contribution in [0.3, 0.4) is 0 Å². The van der Waals surface area contributed by atoms with E-state index in [1.807, 2.05) is 0 Å². The molecular formula is C12H15BrO. The summed E-state index contributed by atoms with van der Waals surface area (Å²) >= 11 is 3.72. The van der Waals surface area contributed by atoms with Crippen molar-refractivity contribution in [3.05, 3.63) is 29.3 Å². The van der Waals surface area contributed by atoms with E-state index < -0.39 is 0 Å². The van der Waals surface area contributed by atoms with Gasteiger partial charge in [-0.2, -0.15) is 0 Å². The molecule has 0 N–H and O–H groups in total. The zero-order valence-electron chi connectivity index (χ0n) is 8.59. The second kappa shape index (κ2) is 3.93. The molecule has 14 heavy (non-hydrogen) atoms. The molecule has 1 aliphatic rings. The molecule has 0 radical (unpaired) electrons. The predicted octanol–water partition coefficient (Wildman–Crippen LogP) is 3.71. The Bertz CT molecular complexity index is 333. The van der Waals surface area contributed by atoms with E-state index in [2.05, 4.69) is 48.0 Å². The molecule has 0 aromatic heterocycles. The predicted molar refractivity (Wildman–Crippen MR) is 62.1 cm³/mol. The quantitative estimate of drug-likeness (QED) is 0.732. The number of benzene rings is 1. The number of alkyl halides is 1. The number of rotatable bonds is 2. The molecule has 1 unspecified atom stereocenters. The average molecular weight is 255 g/mol. The van der Waals surface area contributed by atoms with Gasteiger partial charge in [-0.1, -0.05) is 41.9 Å². The van der Waals surface area contributed by atoms with Gasteiger partial charge in [-0.3, -0.25) is 0 Å². The van der Waals surface area contributed by atoms with Crippen molar-refractivity contribution in [3.8, 4) is 5.75 Å². The van der Waals surface area contributed by atoms with Crippen LogP contribution in [0.4, 0.5) is 0 Å². The molecule has 1 aliphatic heterocycles. The fourth-order valence-electron chi connectivity index (χ4n) is 1.76. The Morgan fingerprint density at radius 2 is 2.14 bits per heavy atom. The van der Waals surface area contributed by atoms with Crippen LogP contribution in [0.2, 0.25) is 0 Å². The van der Waals surface area contributed by atoms with Crippen LogP contribution in [0.1, 0.15) is 29.8 Å². The van der Waals surface area contributed by atoms with Crippen LogP contribution in [0.15, 0.2) is 18.2 Å². The van der Waals surface area contributed by atoms with Gasteiger partial charge in [-0.05, 0) is 23.1 Å². The molecule has 0 fully saturated rings. The van der Waals surface area contributed by atoms with Crippen molar-refractivity contribution in [2.75, 3.05) is 6.61 Å². The van der Waals surface area contributed by atoms with Gasteiger partial charge < -0.3 is 4.74 Å². The van der Waals surface area contributed by atoms with Gasteiger partial charge in [-0.25, -0.2) is 0 Å². The average Bonchev–Trinajstić information content (AvgIpc) is 2.62. The highest BCUT2D eigenvalue weighted by Gasteiger charge is 2.16. The summed E-state index contributed by atoms with van der Waals surface area (Å²) in [6.07, 6.45) is 1.06. The highest BCUT2D eigenvalue weighted by molar-refractivity contribution is 9.09. The van der Waals surface area contributed by atoms with E-state index >= 15 is 0 Å². The Balaban J connectivity index is 2.28. The van der Waals surface area contributed by atoms with E-state index in [0.717, 1.165) is 18.8 Å². The summed E-state index contributed by atoms with van der Waals surface area (Å²) in [5.74, 6) is 1.69. The summed E-state index contributed by atoms with van der Waals surface area (Å²) in [4.78, 5) is 0.452. The third-order valence-corrected chi connectivity index (χ3v) is 4.20. The first-order valence-electron chi connectivity index (χ1n) is 5.08. The molecule has 0 amide bonds. The van der Waals surface area contributed by atoms with Crippen LogP contribution in [0.25, 0.3) is 0 Å². The highest BCUT2D eigenvalue weighted by atomic mass is 79.9. The molecule has 0 spiro atoms. The summed E-state index contributed by atoms with van der Waals surface area (Å²) in [5, 5.41) is 0. The Labute approximate surface area is 93.6 Å². The van der Waals surface area contributed by atoms with Gasteiger partial charge in [-0.15, -0.1) is 0 Å². The number of hydrogen-bond donors (Lipinski definition) is 0. The van der Waals surface area contributed by atoms with E-state index in [-0.39, 0.29) is 0 Å². The zero-order valence-corrected chi connectivity index (χ0v) is 10.2. The molecule has 1 atom stereocenters. The van der Waals surface area contributed by atoms with Crippen molar-refractivity contribution in [3.63, 3.8) is 0 Å². The molecule has 1 aromatic carbocycles. The molecular weight excluding hydrogens is 240 g/mol. The number of halogens is 1. The minimum Gasteiger partial charge on any atom is -0.493 e. The number of fused-ring (bicyclic) bond motifs is 1. The van der Waals surface area contributed by atoms with Gasteiger partial charge in [0.1, 0.15) is 5.75 Å². The van der Waals surface area contributed by atoms with Crippen LogP contribution in [-0.2, 0) is 6.42 Å². The lowest BCUT2D eigenvalue weighted by Crippen LogP contribution is -1.98. The lowest BCUT2D eigenvalue weighted by Gasteiger charge is -2.14. The third-order valence-electron chi connectivity index (χ3n) is 2.62. The smallest absolute Gasteiger partial charge is 0.122 e. The second-order valence-electron chi connectivity index (χ2n) is 4.11. The van der Waals surface area contributed by atoms with Gasteiger partial charge in [0.2, 0.25) is 0 Å². The number of hydrogen-bond acceptors (Lipinski definition) is 1. The molecule has 2 rings (SSSR count). The molecule has 76 valence electrons. The van der Waals surface area contributed by atoms with E-state index in [0.29, 0.717) is 10.7 Å². The van der Waals surface area contributed by atoms with Crippen LogP contribution in [0.5, 0.6) is 5.75 Å².